The van der Waals surface area contributed by atoms with Crippen molar-refractivity contribution in [3.8, 4) is 0 Å². The largest absolute Gasteiger partial charge is 0.481 e. The Morgan fingerprint density at radius 2 is 1.69 bits per heavy atom. The lowest BCUT2D eigenvalue weighted by Crippen LogP contribution is -2.52. The van der Waals surface area contributed by atoms with Gasteiger partial charge in [-0.1, -0.05) is 33.3 Å². The van der Waals surface area contributed by atoms with Crippen molar-refractivity contribution in [1.82, 2.24) is 16.0 Å². The van der Waals surface area contributed by atoms with Crippen LogP contribution in [0.1, 0.15) is 75.7 Å². The third-order valence-electron chi connectivity index (χ3n) is 5.61. The maximum Gasteiger partial charge on any atom is 0.303 e. The molecule has 0 radical (unpaired) electrons. The minimum Gasteiger partial charge on any atom is -0.481 e. The van der Waals surface area contributed by atoms with E-state index in [1.54, 1.807) is 19.9 Å². The molecule has 0 heterocycles. The monoisotopic (exact) mass is 593 g/mol. The van der Waals surface area contributed by atoms with E-state index in [2.05, 4.69) is 21.3 Å². The smallest absolute Gasteiger partial charge is 0.303 e. The normalized spacial score (nSPS) is 12.1. The Labute approximate surface area is 245 Å². The molecule has 15 nitrogen and oxygen atoms in total. The summed E-state index contributed by atoms with van der Waals surface area (Å²) in [7, 11) is 0. The van der Waals surface area contributed by atoms with Gasteiger partial charge in [-0.25, -0.2) is 0 Å². The van der Waals surface area contributed by atoms with Gasteiger partial charge in [0.05, 0.1) is 35.2 Å². The van der Waals surface area contributed by atoms with Crippen LogP contribution in [-0.2, 0) is 19.2 Å². The second-order valence-corrected chi connectivity index (χ2v) is 8.93. The van der Waals surface area contributed by atoms with Crippen LogP contribution >= 0.6 is 0 Å². The number of nitrogens with zero attached hydrogens (tertiary/aromatic N) is 1. The molecule has 1 rings (SSSR count). The molecule has 2 atom stereocenters. The van der Waals surface area contributed by atoms with Crippen LogP contribution in [0.4, 0.5) is 11.4 Å². The summed E-state index contributed by atoms with van der Waals surface area (Å²) in [5.41, 5.74) is 11.2. The molecule has 42 heavy (non-hydrogen) atoms. The number of aryl methyl sites for hydroxylation is 1. The molecule has 2 unspecified atom stereocenters. The number of nitro groups is 1. The molecule has 0 aliphatic heterocycles. The molecule has 0 fully saturated rings. The van der Waals surface area contributed by atoms with Crippen molar-refractivity contribution in [3.63, 3.8) is 0 Å². The predicted octanol–water partition coefficient (Wildman–Crippen LogP) is 1.44. The average Bonchev–Trinajstić information content (AvgIpc) is 2.92. The summed E-state index contributed by atoms with van der Waals surface area (Å²) in [6, 6.07) is -0.0999. The van der Waals surface area contributed by atoms with Crippen LogP contribution in [0.5, 0.6) is 0 Å². The van der Waals surface area contributed by atoms with Gasteiger partial charge in [-0.15, -0.1) is 0 Å². The number of nitro benzene ring substituents is 1. The SMILES string of the molecule is CC.CCC/C=C(/NCC(N)=O)C(CC(N)=O)NC(=O)C(CCC(=O)O)NC(=O)c1cc([N+](=O)[O-])cc(C)c1NCC. The van der Waals surface area contributed by atoms with Crippen molar-refractivity contribution in [3.05, 3.63) is 45.1 Å². The van der Waals surface area contributed by atoms with Crippen LogP contribution in [0.2, 0.25) is 0 Å². The number of rotatable bonds is 18. The molecule has 0 saturated carbocycles. The van der Waals surface area contributed by atoms with Gasteiger partial charge in [-0.2, -0.15) is 0 Å². The van der Waals surface area contributed by atoms with E-state index in [1.807, 2.05) is 20.8 Å². The van der Waals surface area contributed by atoms with E-state index >= 15 is 0 Å². The molecule has 234 valence electrons. The highest BCUT2D eigenvalue weighted by Crippen LogP contribution is 2.27. The van der Waals surface area contributed by atoms with Crippen molar-refractivity contribution in [2.24, 2.45) is 11.5 Å². The summed E-state index contributed by atoms with van der Waals surface area (Å²) < 4.78 is 0. The molecule has 0 bridgehead atoms. The molecule has 9 N–H and O–H groups in total. The zero-order valence-corrected chi connectivity index (χ0v) is 24.7. The number of primary amides is 2. The van der Waals surface area contributed by atoms with Crippen LogP contribution in [0, 0.1) is 17.0 Å². The van der Waals surface area contributed by atoms with Crippen molar-refractivity contribution in [1.29, 1.82) is 0 Å². The summed E-state index contributed by atoms with van der Waals surface area (Å²) in [5, 5.41) is 31.4. The average molecular weight is 594 g/mol. The fraction of sp³-hybridized carbons (Fsp3) is 0.519. The molecule has 0 aliphatic rings. The summed E-state index contributed by atoms with van der Waals surface area (Å²) in [5.74, 6) is -4.39. The maximum absolute atomic E-state index is 13.3. The fourth-order valence-corrected chi connectivity index (χ4v) is 3.78. The number of allylic oxidation sites excluding steroid dienone is 1. The Bertz CT molecular complexity index is 1150. The minimum atomic E-state index is -1.41. The van der Waals surface area contributed by atoms with Gasteiger partial charge in [-0.05, 0) is 32.3 Å². The number of non-ortho nitro benzene ring substituents is 1. The van der Waals surface area contributed by atoms with E-state index in [4.69, 9.17) is 11.5 Å². The lowest BCUT2D eigenvalue weighted by Gasteiger charge is -2.26. The number of carbonyl (C=O) groups excluding carboxylic acids is 4. The molecule has 0 spiro atoms. The van der Waals surface area contributed by atoms with Gasteiger partial charge in [0, 0.05) is 30.8 Å². The summed E-state index contributed by atoms with van der Waals surface area (Å²) >= 11 is 0. The third kappa shape index (κ3) is 13.1. The molecule has 0 aliphatic carbocycles. The maximum atomic E-state index is 13.3. The molecular weight excluding hydrogens is 550 g/mol. The number of hydrogen-bond donors (Lipinski definition) is 7. The quantitative estimate of drug-likeness (QED) is 0.0952. The Kier molecular flexibility index (Phi) is 17.2. The molecule has 4 amide bonds. The number of carboxylic acid groups (broad SMARTS) is 1. The first kappa shape index (κ1) is 37.3. The number of amides is 4. The number of anilines is 1. The predicted molar refractivity (Wildman–Crippen MR) is 157 cm³/mol. The second-order valence-electron chi connectivity index (χ2n) is 8.93. The van der Waals surface area contributed by atoms with Crippen molar-refractivity contribution in [2.75, 3.05) is 18.4 Å². The van der Waals surface area contributed by atoms with Gasteiger partial charge < -0.3 is 37.8 Å². The number of hydrogen-bond acceptors (Lipinski definition) is 9. The van der Waals surface area contributed by atoms with E-state index in [-0.39, 0.29) is 30.6 Å². The Balaban J connectivity index is 0.00000821. The fourth-order valence-electron chi connectivity index (χ4n) is 3.78. The van der Waals surface area contributed by atoms with Gasteiger partial charge >= 0.3 is 5.97 Å². The van der Waals surface area contributed by atoms with Crippen LogP contribution in [-0.4, -0.2) is 64.8 Å². The highest BCUT2D eigenvalue weighted by Gasteiger charge is 2.29. The van der Waals surface area contributed by atoms with E-state index in [0.29, 0.717) is 36.3 Å². The van der Waals surface area contributed by atoms with Crippen molar-refractivity contribution >= 4 is 41.0 Å². The topological polar surface area (TPSA) is 249 Å². The van der Waals surface area contributed by atoms with Gasteiger partial charge in [0.15, 0.2) is 0 Å². The van der Waals surface area contributed by atoms with Crippen LogP contribution in [0.15, 0.2) is 23.9 Å². The molecule has 0 aromatic heterocycles. The first-order valence-electron chi connectivity index (χ1n) is 13.7. The highest BCUT2D eigenvalue weighted by molar-refractivity contribution is 6.03. The molecule has 15 heteroatoms. The van der Waals surface area contributed by atoms with Gasteiger partial charge in [0.2, 0.25) is 17.7 Å². The number of carbonyl (C=O) groups is 5. The molecule has 1 aromatic carbocycles. The van der Waals surface area contributed by atoms with Crippen LogP contribution < -0.4 is 32.7 Å². The lowest BCUT2D eigenvalue weighted by molar-refractivity contribution is -0.384. The second kappa shape index (κ2) is 19.4. The minimum absolute atomic E-state index is 0.109. The number of unbranched alkanes of at least 4 members (excludes halogenated alkanes) is 1. The third-order valence-corrected chi connectivity index (χ3v) is 5.61. The van der Waals surface area contributed by atoms with Crippen LogP contribution in [0.25, 0.3) is 0 Å². The summed E-state index contributed by atoms with van der Waals surface area (Å²) in [4.78, 5) is 71.8. The number of aliphatic carboxylic acids is 1. The number of carboxylic acids is 1. The summed E-state index contributed by atoms with van der Waals surface area (Å²) in [6.07, 6.45) is 1.68. The van der Waals surface area contributed by atoms with Crippen LogP contribution in [0.3, 0.4) is 0 Å². The number of nitrogens with two attached hydrogens (primary N) is 2. The Hall–Kier alpha value is -4.69. The van der Waals surface area contributed by atoms with Crippen molar-refractivity contribution in [2.45, 2.75) is 78.8 Å². The van der Waals surface area contributed by atoms with E-state index < -0.39 is 53.0 Å². The first-order valence-corrected chi connectivity index (χ1v) is 13.7. The highest BCUT2D eigenvalue weighted by atomic mass is 16.6. The van der Waals surface area contributed by atoms with Crippen molar-refractivity contribution < 1.29 is 34.0 Å². The summed E-state index contributed by atoms with van der Waals surface area (Å²) in [6.45, 7) is 9.33. The Morgan fingerprint density at radius 1 is 1.05 bits per heavy atom. The molecular formula is C27H43N7O8. The lowest BCUT2D eigenvalue weighted by atomic mass is 10.0. The van der Waals surface area contributed by atoms with Gasteiger partial charge in [0.25, 0.3) is 11.6 Å². The Morgan fingerprint density at radius 3 is 2.19 bits per heavy atom. The van der Waals surface area contributed by atoms with E-state index in [9.17, 15) is 39.2 Å². The zero-order valence-electron chi connectivity index (χ0n) is 24.7. The number of benzene rings is 1. The molecule has 1 aromatic rings. The van der Waals surface area contributed by atoms with E-state index in [0.717, 1.165) is 6.07 Å². The van der Waals surface area contributed by atoms with Gasteiger partial charge in [-0.3, -0.25) is 34.1 Å². The standard InChI is InChI=1S/C25H37N7O8.C2H6/c1-4-6-7-17(29-13-21(27)34)19(12-20(26)33)31-25(38)18(8-9-22(35)36)30-24(37)16-11-15(32(39)40)10-14(3)23(16)28-5-2;1-2/h7,10-11,18-19,28-29H,4-6,8-9,12-13H2,1-3H3,(H2,26,33)(H2,27,34)(H,30,37)(H,31,38)(H,35,36);1-2H3/b17-7+;. The van der Waals surface area contributed by atoms with Gasteiger partial charge in [0.1, 0.15) is 6.04 Å². The first-order chi connectivity index (χ1) is 19.8. The zero-order chi connectivity index (χ0) is 32.4. The van der Waals surface area contributed by atoms with E-state index in [1.165, 1.54) is 6.07 Å². The molecule has 0 saturated heterocycles. The number of nitrogens with one attached hydrogen (secondary N) is 4.